The zero-order valence-electron chi connectivity index (χ0n) is 14.9. The Bertz CT molecular complexity index is 1090. The zero-order chi connectivity index (χ0) is 22.3. The number of benzene rings is 1. The van der Waals surface area contributed by atoms with Gasteiger partial charge in [-0.05, 0) is 43.3 Å². The molecule has 0 spiro atoms. The second-order valence-corrected chi connectivity index (χ2v) is 6.47. The van der Waals surface area contributed by atoms with Gasteiger partial charge in [0.25, 0.3) is 5.91 Å². The molecule has 1 amide bonds. The molecule has 0 atom stereocenters. The van der Waals surface area contributed by atoms with E-state index >= 15 is 0 Å². The first-order valence-corrected chi connectivity index (χ1v) is 8.53. The Kier molecular flexibility index (Phi) is 5.50. The van der Waals surface area contributed by atoms with Crippen LogP contribution in [0.15, 0.2) is 42.5 Å². The second-order valence-electron chi connectivity index (χ2n) is 6.11. The summed E-state index contributed by atoms with van der Waals surface area (Å²) in [6, 6.07) is 7.57. The summed E-state index contributed by atoms with van der Waals surface area (Å²) in [6.07, 6.45) is -10.1. The van der Waals surface area contributed by atoms with Crippen LogP contribution in [0.4, 0.5) is 32.0 Å². The number of nitrogens with zero attached hydrogens (tertiary/aromatic N) is 3. The molecule has 5 nitrogen and oxygen atoms in total. The molecule has 2 heterocycles. The number of aryl methyl sites for hydroxylation is 1. The lowest BCUT2D eigenvalue weighted by molar-refractivity contribution is -0.143. The smallest absolute Gasteiger partial charge is 0.322 e. The number of pyridine rings is 1. The highest BCUT2D eigenvalue weighted by Gasteiger charge is 2.42. The molecule has 0 fully saturated rings. The van der Waals surface area contributed by atoms with Gasteiger partial charge in [-0.25, -0.2) is 9.67 Å². The molecule has 0 aliphatic rings. The molecule has 0 unspecified atom stereocenters. The Balaban J connectivity index is 1.89. The Morgan fingerprint density at radius 2 is 1.63 bits per heavy atom. The molecule has 30 heavy (non-hydrogen) atoms. The minimum Gasteiger partial charge on any atom is -0.322 e. The van der Waals surface area contributed by atoms with Crippen molar-refractivity contribution in [1.82, 2.24) is 14.8 Å². The summed E-state index contributed by atoms with van der Waals surface area (Å²) in [5, 5.41) is 5.48. The number of amides is 1. The third-order valence-electron chi connectivity index (χ3n) is 3.89. The van der Waals surface area contributed by atoms with Crippen LogP contribution in [-0.4, -0.2) is 20.7 Å². The van der Waals surface area contributed by atoms with Crippen molar-refractivity contribution < 1.29 is 31.1 Å². The van der Waals surface area contributed by atoms with Crippen molar-refractivity contribution in [1.29, 1.82) is 0 Å². The molecule has 2 aromatic heterocycles. The van der Waals surface area contributed by atoms with Crippen LogP contribution in [0.2, 0.25) is 5.15 Å². The number of alkyl halides is 6. The van der Waals surface area contributed by atoms with Crippen molar-refractivity contribution in [2.24, 2.45) is 0 Å². The fourth-order valence-corrected chi connectivity index (χ4v) is 2.78. The van der Waals surface area contributed by atoms with Crippen molar-refractivity contribution in [2.75, 3.05) is 5.32 Å². The highest BCUT2D eigenvalue weighted by Crippen LogP contribution is 2.36. The van der Waals surface area contributed by atoms with E-state index < -0.39 is 29.6 Å². The number of carbonyl (C=O) groups is 1. The SMILES string of the molecule is Cc1ccc(C(=O)Nc2ccc(-n3nc(C(F)(F)F)cc3C(F)(F)F)cc2)c(Cl)n1. The van der Waals surface area contributed by atoms with E-state index in [4.69, 9.17) is 11.6 Å². The van der Waals surface area contributed by atoms with Crippen LogP contribution < -0.4 is 5.32 Å². The van der Waals surface area contributed by atoms with Crippen molar-refractivity contribution in [2.45, 2.75) is 19.3 Å². The lowest BCUT2D eigenvalue weighted by Gasteiger charge is -2.11. The predicted octanol–water partition coefficient (Wildman–Crippen LogP) is 5.52. The Labute approximate surface area is 170 Å². The van der Waals surface area contributed by atoms with Gasteiger partial charge in [0.05, 0.1) is 11.3 Å². The summed E-state index contributed by atoms with van der Waals surface area (Å²) >= 11 is 5.91. The number of aromatic nitrogens is 3. The lowest BCUT2D eigenvalue weighted by Crippen LogP contribution is -2.14. The van der Waals surface area contributed by atoms with Gasteiger partial charge in [0.15, 0.2) is 5.69 Å². The summed E-state index contributed by atoms with van der Waals surface area (Å²) in [6.45, 7) is 1.68. The maximum atomic E-state index is 13.1. The van der Waals surface area contributed by atoms with Crippen molar-refractivity contribution in [3.8, 4) is 5.69 Å². The highest BCUT2D eigenvalue weighted by molar-refractivity contribution is 6.33. The van der Waals surface area contributed by atoms with Crippen LogP contribution in [0, 0.1) is 6.92 Å². The standard InChI is InChI=1S/C18H11ClF6N4O/c1-9-2-7-12(15(19)26-9)16(30)27-10-3-5-11(6-4-10)29-14(18(23,24)25)8-13(28-29)17(20,21)22/h2-8H,1H3,(H,27,30). The Morgan fingerprint density at radius 3 is 2.17 bits per heavy atom. The predicted molar refractivity (Wildman–Crippen MR) is 95.5 cm³/mol. The summed E-state index contributed by atoms with van der Waals surface area (Å²) in [5.74, 6) is -0.616. The monoisotopic (exact) mass is 448 g/mol. The van der Waals surface area contributed by atoms with Crippen LogP contribution in [0.1, 0.15) is 27.4 Å². The van der Waals surface area contributed by atoms with E-state index in [-0.39, 0.29) is 32.8 Å². The summed E-state index contributed by atoms with van der Waals surface area (Å²) in [7, 11) is 0. The van der Waals surface area contributed by atoms with E-state index in [0.29, 0.717) is 5.69 Å². The van der Waals surface area contributed by atoms with Crippen LogP contribution >= 0.6 is 11.6 Å². The molecule has 0 radical (unpaired) electrons. The average molecular weight is 449 g/mol. The number of anilines is 1. The fourth-order valence-electron chi connectivity index (χ4n) is 2.50. The van der Waals surface area contributed by atoms with E-state index in [9.17, 15) is 31.1 Å². The third kappa shape index (κ3) is 4.56. The summed E-state index contributed by atoms with van der Waals surface area (Å²) in [4.78, 5) is 16.2. The Morgan fingerprint density at radius 1 is 1.00 bits per heavy atom. The van der Waals surface area contributed by atoms with Crippen LogP contribution in [0.3, 0.4) is 0 Å². The summed E-state index contributed by atoms with van der Waals surface area (Å²) < 4.78 is 78.0. The number of hydrogen-bond acceptors (Lipinski definition) is 3. The first-order valence-electron chi connectivity index (χ1n) is 8.15. The maximum Gasteiger partial charge on any atom is 0.435 e. The molecule has 3 rings (SSSR count). The number of hydrogen-bond donors (Lipinski definition) is 1. The molecule has 0 aliphatic carbocycles. The lowest BCUT2D eigenvalue weighted by atomic mass is 10.2. The highest BCUT2D eigenvalue weighted by atomic mass is 35.5. The van der Waals surface area contributed by atoms with E-state index in [1.54, 1.807) is 13.0 Å². The largest absolute Gasteiger partial charge is 0.435 e. The molecule has 1 N–H and O–H groups in total. The molecule has 0 bridgehead atoms. The topological polar surface area (TPSA) is 59.8 Å². The summed E-state index contributed by atoms with van der Waals surface area (Å²) in [5.41, 5.74) is -2.67. The third-order valence-corrected chi connectivity index (χ3v) is 4.18. The van der Waals surface area contributed by atoms with Crippen LogP contribution in [0.25, 0.3) is 5.69 Å². The van der Waals surface area contributed by atoms with Crippen molar-refractivity contribution in [3.05, 3.63) is 70.3 Å². The normalized spacial score (nSPS) is 12.1. The van der Waals surface area contributed by atoms with E-state index in [2.05, 4.69) is 15.4 Å². The van der Waals surface area contributed by atoms with Crippen molar-refractivity contribution in [3.63, 3.8) is 0 Å². The zero-order valence-corrected chi connectivity index (χ0v) is 15.7. The van der Waals surface area contributed by atoms with Gasteiger partial charge in [0, 0.05) is 17.4 Å². The van der Waals surface area contributed by atoms with E-state index in [1.807, 2.05) is 0 Å². The van der Waals surface area contributed by atoms with Crippen molar-refractivity contribution >= 4 is 23.2 Å². The second kappa shape index (κ2) is 7.63. The first-order chi connectivity index (χ1) is 13.9. The molecule has 0 aliphatic heterocycles. The van der Waals surface area contributed by atoms with E-state index in [0.717, 1.165) is 12.1 Å². The first kappa shape index (κ1) is 21.6. The van der Waals surface area contributed by atoms with Gasteiger partial charge >= 0.3 is 12.4 Å². The van der Waals surface area contributed by atoms with Gasteiger partial charge in [-0.3, -0.25) is 4.79 Å². The van der Waals surface area contributed by atoms with Gasteiger partial charge in [-0.15, -0.1) is 0 Å². The van der Waals surface area contributed by atoms with Gasteiger partial charge in [-0.2, -0.15) is 31.4 Å². The van der Waals surface area contributed by atoms with E-state index in [1.165, 1.54) is 18.2 Å². The Hall–Kier alpha value is -3.08. The average Bonchev–Trinajstić information content (AvgIpc) is 3.08. The van der Waals surface area contributed by atoms with Crippen LogP contribution in [-0.2, 0) is 12.4 Å². The number of halogens is 7. The molecule has 1 aromatic carbocycles. The quantitative estimate of drug-likeness (QED) is 0.424. The molecule has 3 aromatic rings. The maximum absolute atomic E-state index is 13.1. The molecular formula is C18H11ClF6N4O. The van der Waals surface area contributed by atoms with Gasteiger partial charge in [0.2, 0.25) is 0 Å². The van der Waals surface area contributed by atoms with Gasteiger partial charge in [-0.1, -0.05) is 11.6 Å². The number of rotatable bonds is 3. The van der Waals surface area contributed by atoms with Gasteiger partial charge in [0.1, 0.15) is 10.8 Å². The minimum atomic E-state index is -5.06. The van der Waals surface area contributed by atoms with Gasteiger partial charge < -0.3 is 5.32 Å². The molecular weight excluding hydrogens is 438 g/mol. The fraction of sp³-hybridized carbons (Fsp3) is 0.167. The molecule has 0 saturated heterocycles. The molecule has 158 valence electrons. The molecule has 0 saturated carbocycles. The minimum absolute atomic E-state index is 0.0323. The number of carbonyl (C=O) groups excluding carboxylic acids is 1. The molecule has 12 heteroatoms. The number of nitrogens with one attached hydrogen (secondary N) is 1. The van der Waals surface area contributed by atoms with Crippen LogP contribution in [0.5, 0.6) is 0 Å².